The molecule has 1 aromatic carbocycles. The van der Waals surface area contributed by atoms with Crippen molar-refractivity contribution in [1.29, 1.82) is 0 Å². The molecule has 0 spiro atoms. The molecule has 0 unspecified atom stereocenters. The number of nitrogens with one attached hydrogen (secondary N) is 1. The number of anilines is 1. The summed E-state index contributed by atoms with van der Waals surface area (Å²) in [7, 11) is 1.28. The highest BCUT2D eigenvalue weighted by molar-refractivity contribution is 7.18. The van der Waals surface area contributed by atoms with Crippen LogP contribution in [0.1, 0.15) is 25.6 Å². The number of ether oxygens (including phenoxy) is 2. The SMILES string of the molecule is COC(=O)c1sc(NC(=O)c2ccc(OC(F)F)cc2)cc1C. The Labute approximate surface area is 134 Å². The molecule has 2 rings (SSSR count). The molecular formula is C15H13F2NO4S. The van der Waals surface area contributed by atoms with Gasteiger partial charge in [0.1, 0.15) is 10.6 Å². The van der Waals surface area contributed by atoms with Gasteiger partial charge in [-0.25, -0.2) is 4.79 Å². The first-order chi connectivity index (χ1) is 10.9. The molecule has 0 aliphatic heterocycles. The average Bonchev–Trinajstić information content (AvgIpc) is 2.87. The van der Waals surface area contributed by atoms with Crippen LogP contribution in [0.3, 0.4) is 0 Å². The van der Waals surface area contributed by atoms with Crippen LogP contribution in [0, 0.1) is 6.92 Å². The van der Waals surface area contributed by atoms with Crippen molar-refractivity contribution < 1.29 is 27.8 Å². The first-order valence-electron chi connectivity index (χ1n) is 6.45. The largest absolute Gasteiger partial charge is 0.465 e. The third kappa shape index (κ3) is 4.26. The van der Waals surface area contributed by atoms with E-state index >= 15 is 0 Å². The van der Waals surface area contributed by atoms with Crippen LogP contribution in [0.4, 0.5) is 13.8 Å². The molecule has 2 aromatic rings. The fraction of sp³-hybridized carbons (Fsp3) is 0.200. The van der Waals surface area contributed by atoms with Crippen LogP contribution in [0.2, 0.25) is 0 Å². The number of hydrogen-bond acceptors (Lipinski definition) is 5. The van der Waals surface area contributed by atoms with Gasteiger partial charge in [0, 0.05) is 5.56 Å². The number of aryl methyl sites for hydroxylation is 1. The van der Waals surface area contributed by atoms with Gasteiger partial charge in [0.2, 0.25) is 0 Å². The quantitative estimate of drug-likeness (QED) is 0.842. The summed E-state index contributed by atoms with van der Waals surface area (Å²) < 4.78 is 33.0. The van der Waals surface area contributed by atoms with Crippen LogP contribution in [0.15, 0.2) is 30.3 Å². The van der Waals surface area contributed by atoms with E-state index in [0.717, 1.165) is 11.3 Å². The predicted molar refractivity (Wildman–Crippen MR) is 81.4 cm³/mol. The predicted octanol–water partition coefficient (Wildman–Crippen LogP) is 3.70. The first-order valence-corrected chi connectivity index (χ1v) is 7.27. The number of carbonyl (C=O) groups is 2. The van der Waals surface area contributed by atoms with Crippen LogP contribution in [0.5, 0.6) is 5.75 Å². The summed E-state index contributed by atoms with van der Waals surface area (Å²) in [6.07, 6.45) is 0. The molecule has 0 radical (unpaired) electrons. The number of methoxy groups -OCH3 is 1. The summed E-state index contributed by atoms with van der Waals surface area (Å²) >= 11 is 1.10. The third-order valence-electron chi connectivity index (χ3n) is 2.87. The van der Waals surface area contributed by atoms with Gasteiger partial charge < -0.3 is 14.8 Å². The zero-order valence-electron chi connectivity index (χ0n) is 12.3. The number of amides is 1. The van der Waals surface area contributed by atoms with Gasteiger partial charge in [-0.2, -0.15) is 8.78 Å². The number of benzene rings is 1. The number of rotatable bonds is 5. The second-order valence-electron chi connectivity index (χ2n) is 4.47. The van der Waals surface area contributed by atoms with Crippen molar-refractivity contribution in [2.75, 3.05) is 12.4 Å². The van der Waals surface area contributed by atoms with E-state index in [0.29, 0.717) is 15.4 Å². The Hall–Kier alpha value is -2.48. The maximum absolute atomic E-state index is 12.1. The molecule has 1 N–H and O–H groups in total. The summed E-state index contributed by atoms with van der Waals surface area (Å²) in [4.78, 5) is 24.0. The lowest BCUT2D eigenvalue weighted by atomic mass is 10.2. The number of thiophene rings is 1. The van der Waals surface area contributed by atoms with E-state index in [1.54, 1.807) is 13.0 Å². The van der Waals surface area contributed by atoms with Gasteiger partial charge in [-0.3, -0.25) is 4.79 Å². The molecule has 0 bridgehead atoms. The Bertz CT molecular complexity index is 713. The number of carbonyl (C=O) groups excluding carboxylic acids is 2. The van der Waals surface area contributed by atoms with Crippen molar-refractivity contribution in [3.63, 3.8) is 0 Å². The van der Waals surface area contributed by atoms with Crippen LogP contribution >= 0.6 is 11.3 Å². The first kappa shape index (κ1) is 16.9. The van der Waals surface area contributed by atoms with Crippen LogP contribution in [0.25, 0.3) is 0 Å². The second-order valence-corrected chi connectivity index (χ2v) is 5.52. The van der Waals surface area contributed by atoms with E-state index in [1.807, 2.05) is 0 Å². The molecule has 0 saturated carbocycles. The monoisotopic (exact) mass is 341 g/mol. The van der Waals surface area contributed by atoms with Crippen LogP contribution in [-0.2, 0) is 4.74 Å². The lowest BCUT2D eigenvalue weighted by Crippen LogP contribution is -2.11. The Kier molecular flexibility index (Phi) is 5.28. The van der Waals surface area contributed by atoms with E-state index in [1.165, 1.54) is 31.4 Å². The van der Waals surface area contributed by atoms with Gasteiger partial charge in [-0.05, 0) is 42.8 Å². The molecular weight excluding hydrogens is 328 g/mol. The highest BCUT2D eigenvalue weighted by Gasteiger charge is 2.16. The second kappa shape index (κ2) is 7.19. The minimum Gasteiger partial charge on any atom is -0.465 e. The van der Waals surface area contributed by atoms with Gasteiger partial charge in [0.15, 0.2) is 0 Å². The maximum Gasteiger partial charge on any atom is 0.387 e. The van der Waals surface area contributed by atoms with Crippen molar-refractivity contribution in [1.82, 2.24) is 0 Å². The molecule has 0 saturated heterocycles. The zero-order valence-corrected chi connectivity index (χ0v) is 13.1. The molecule has 5 nitrogen and oxygen atoms in total. The lowest BCUT2D eigenvalue weighted by molar-refractivity contribution is -0.0498. The third-order valence-corrected chi connectivity index (χ3v) is 4.00. The van der Waals surface area contributed by atoms with Gasteiger partial charge in [0.25, 0.3) is 5.91 Å². The Balaban J connectivity index is 2.08. The van der Waals surface area contributed by atoms with Crippen molar-refractivity contribution >= 4 is 28.2 Å². The lowest BCUT2D eigenvalue weighted by Gasteiger charge is -2.06. The number of alkyl halides is 2. The minimum absolute atomic E-state index is 0.0310. The number of hydrogen-bond donors (Lipinski definition) is 1. The summed E-state index contributed by atoms with van der Waals surface area (Å²) in [5.74, 6) is -0.927. The van der Waals surface area contributed by atoms with Crippen molar-refractivity contribution in [2.45, 2.75) is 13.5 Å². The summed E-state index contributed by atoms with van der Waals surface area (Å²) in [6.45, 7) is -1.19. The fourth-order valence-electron chi connectivity index (χ4n) is 1.81. The molecule has 1 aromatic heterocycles. The zero-order chi connectivity index (χ0) is 17.0. The van der Waals surface area contributed by atoms with Gasteiger partial charge >= 0.3 is 12.6 Å². The number of halogens is 2. The maximum atomic E-state index is 12.1. The normalized spacial score (nSPS) is 10.5. The number of esters is 1. The summed E-state index contributed by atoms with van der Waals surface area (Å²) in [6, 6.07) is 6.95. The molecule has 122 valence electrons. The highest BCUT2D eigenvalue weighted by Crippen LogP contribution is 2.27. The van der Waals surface area contributed by atoms with E-state index in [-0.39, 0.29) is 11.3 Å². The molecule has 23 heavy (non-hydrogen) atoms. The smallest absolute Gasteiger partial charge is 0.387 e. The molecule has 1 amide bonds. The highest BCUT2D eigenvalue weighted by atomic mass is 32.1. The van der Waals surface area contributed by atoms with Crippen molar-refractivity contribution in [3.8, 4) is 5.75 Å². The molecule has 0 atom stereocenters. The van der Waals surface area contributed by atoms with Gasteiger partial charge in [0.05, 0.1) is 12.1 Å². The van der Waals surface area contributed by atoms with Gasteiger partial charge in [-0.1, -0.05) is 0 Å². The van der Waals surface area contributed by atoms with Crippen molar-refractivity contribution in [3.05, 3.63) is 46.3 Å². The van der Waals surface area contributed by atoms with E-state index in [9.17, 15) is 18.4 Å². The minimum atomic E-state index is -2.92. The summed E-state index contributed by atoms with van der Waals surface area (Å²) in [5, 5.41) is 3.13. The molecule has 0 fully saturated rings. The van der Waals surface area contributed by atoms with E-state index in [2.05, 4.69) is 14.8 Å². The molecule has 1 heterocycles. The van der Waals surface area contributed by atoms with Crippen LogP contribution in [-0.4, -0.2) is 25.6 Å². The standard InChI is InChI=1S/C15H13F2NO4S/c1-8-7-11(23-12(8)14(20)21-2)18-13(19)9-3-5-10(6-4-9)22-15(16)17/h3-7,15H,1-2H3,(H,18,19). The topological polar surface area (TPSA) is 64.6 Å². The van der Waals surface area contributed by atoms with Gasteiger partial charge in [-0.15, -0.1) is 11.3 Å². The summed E-state index contributed by atoms with van der Waals surface area (Å²) in [5.41, 5.74) is 0.968. The molecule has 0 aliphatic carbocycles. The molecule has 8 heteroatoms. The molecule has 0 aliphatic rings. The van der Waals surface area contributed by atoms with E-state index < -0.39 is 18.5 Å². The Morgan fingerprint density at radius 2 is 1.87 bits per heavy atom. The van der Waals surface area contributed by atoms with E-state index in [4.69, 9.17) is 0 Å². The van der Waals surface area contributed by atoms with Crippen molar-refractivity contribution in [2.24, 2.45) is 0 Å². The van der Waals surface area contributed by atoms with Crippen LogP contribution < -0.4 is 10.1 Å². The Morgan fingerprint density at radius 3 is 2.43 bits per heavy atom. The fourth-order valence-corrected chi connectivity index (χ4v) is 2.80. The Morgan fingerprint density at radius 1 is 1.22 bits per heavy atom. The average molecular weight is 341 g/mol.